The van der Waals surface area contributed by atoms with Crippen LogP contribution in [-0.2, 0) is 13.1 Å². The van der Waals surface area contributed by atoms with Crippen molar-refractivity contribution in [1.29, 1.82) is 0 Å². The van der Waals surface area contributed by atoms with Crippen LogP contribution in [0, 0.1) is 6.92 Å². The summed E-state index contributed by atoms with van der Waals surface area (Å²) in [5, 5.41) is 6.20. The Kier molecular flexibility index (Phi) is 6.94. The summed E-state index contributed by atoms with van der Waals surface area (Å²) in [6.07, 6.45) is 1.78. The van der Waals surface area contributed by atoms with Gasteiger partial charge in [0.05, 0.1) is 12.1 Å². The first-order chi connectivity index (χ1) is 20.2. The summed E-state index contributed by atoms with van der Waals surface area (Å²) >= 11 is 0. The molecule has 6 aromatic rings. The minimum absolute atomic E-state index is 0.0748. The fourth-order valence-electron chi connectivity index (χ4n) is 5.31. The minimum Gasteiger partial charge on any atom is -0.345 e. The molecule has 0 unspecified atom stereocenters. The summed E-state index contributed by atoms with van der Waals surface area (Å²) in [7, 11) is 3.45. The van der Waals surface area contributed by atoms with Crippen LogP contribution in [0.15, 0.2) is 82.2 Å². The second kappa shape index (κ2) is 10.7. The lowest BCUT2D eigenvalue weighted by molar-refractivity contribution is 0.0827. The molecule has 0 saturated carbocycles. The smallest absolute Gasteiger partial charge is 0.277 e. The van der Waals surface area contributed by atoms with Crippen molar-refractivity contribution >= 4 is 27.7 Å². The quantitative estimate of drug-likeness (QED) is 0.251. The van der Waals surface area contributed by atoms with Crippen LogP contribution in [0.3, 0.4) is 0 Å². The zero-order valence-electron chi connectivity index (χ0n) is 24.3. The van der Waals surface area contributed by atoms with Crippen molar-refractivity contribution in [3.05, 3.63) is 112 Å². The number of carbonyl (C=O) groups is 1. The Morgan fingerprint density at radius 3 is 2.45 bits per heavy atom. The Bertz CT molecular complexity index is 2010. The maximum absolute atomic E-state index is 13.9. The van der Waals surface area contributed by atoms with Crippen LogP contribution in [0.2, 0.25) is 0 Å². The molecule has 0 fully saturated rings. The lowest BCUT2D eigenvalue weighted by Gasteiger charge is -2.14. The summed E-state index contributed by atoms with van der Waals surface area (Å²) in [5.41, 5.74) is 4.52. The molecule has 6 rings (SSSR count). The van der Waals surface area contributed by atoms with E-state index >= 15 is 0 Å². The van der Waals surface area contributed by atoms with E-state index in [9.17, 15) is 9.59 Å². The Morgan fingerprint density at radius 2 is 1.71 bits per heavy atom. The summed E-state index contributed by atoms with van der Waals surface area (Å²) in [4.78, 5) is 37.2. The third kappa shape index (κ3) is 5.09. The maximum Gasteiger partial charge on any atom is 0.277 e. The summed E-state index contributed by atoms with van der Waals surface area (Å²) in [5.74, 6) is 1.98. The van der Waals surface area contributed by atoms with E-state index < -0.39 is 0 Å². The molecule has 3 aromatic carbocycles. The van der Waals surface area contributed by atoms with Crippen molar-refractivity contribution in [1.82, 2.24) is 29.2 Å². The largest absolute Gasteiger partial charge is 0.345 e. The predicted octanol–water partition coefficient (Wildman–Crippen LogP) is 5.63. The molecular weight excluding hydrogens is 528 g/mol. The van der Waals surface area contributed by atoms with Gasteiger partial charge in [-0.05, 0) is 52.2 Å². The molecule has 0 aliphatic rings. The molecule has 3 heterocycles. The van der Waals surface area contributed by atoms with Gasteiger partial charge >= 0.3 is 0 Å². The van der Waals surface area contributed by atoms with E-state index in [4.69, 9.17) is 9.51 Å². The highest BCUT2D eigenvalue weighted by Crippen LogP contribution is 2.26. The number of carbonyl (C=O) groups excluding carboxylic acids is 1. The monoisotopic (exact) mass is 560 g/mol. The molecule has 0 atom stereocenters. The lowest BCUT2D eigenvalue weighted by Crippen LogP contribution is -2.24. The number of aromatic nitrogens is 5. The highest BCUT2D eigenvalue weighted by molar-refractivity contribution is 5.94. The van der Waals surface area contributed by atoms with E-state index in [2.05, 4.69) is 48.3 Å². The number of nitrogens with zero attached hydrogens (tertiary/aromatic N) is 6. The standard InChI is InChI=1S/C33H32N6O3/c1-20(2)31-35-28-13-14-38(18-22-7-6-8-26(15-22)32(40)37(4)5)33(41)29(28)39(31)19-23-9-10-24-11-12-25(17-27(24)16-23)30-34-21(3)42-36-30/h6-17,20H,18-19H2,1-5H3. The second-order valence-electron chi connectivity index (χ2n) is 11.1. The summed E-state index contributed by atoms with van der Waals surface area (Å²) in [6.45, 7) is 6.79. The molecule has 9 heteroatoms. The van der Waals surface area contributed by atoms with Crippen molar-refractivity contribution in [3.63, 3.8) is 0 Å². The van der Waals surface area contributed by atoms with E-state index in [1.807, 2.05) is 41.0 Å². The van der Waals surface area contributed by atoms with Gasteiger partial charge in [-0.2, -0.15) is 4.98 Å². The fraction of sp³-hybridized carbons (Fsp3) is 0.242. The molecule has 0 aliphatic heterocycles. The number of pyridine rings is 1. The molecule has 1 amide bonds. The zero-order chi connectivity index (χ0) is 29.5. The molecule has 0 bridgehead atoms. The van der Waals surface area contributed by atoms with E-state index in [0.717, 1.165) is 33.3 Å². The number of hydrogen-bond donors (Lipinski definition) is 0. The van der Waals surface area contributed by atoms with Crippen molar-refractivity contribution < 1.29 is 9.32 Å². The van der Waals surface area contributed by atoms with Crippen LogP contribution in [-0.4, -0.2) is 49.2 Å². The molecule has 0 radical (unpaired) electrons. The zero-order valence-corrected chi connectivity index (χ0v) is 24.3. The first kappa shape index (κ1) is 27.1. The number of amides is 1. The van der Waals surface area contributed by atoms with Crippen LogP contribution in [0.1, 0.15) is 53.0 Å². The van der Waals surface area contributed by atoms with Gasteiger partial charge in [0, 0.05) is 50.8 Å². The van der Waals surface area contributed by atoms with Gasteiger partial charge in [-0.1, -0.05) is 55.4 Å². The highest BCUT2D eigenvalue weighted by atomic mass is 16.5. The van der Waals surface area contributed by atoms with Gasteiger partial charge in [-0.25, -0.2) is 4.98 Å². The first-order valence-electron chi connectivity index (χ1n) is 13.9. The van der Waals surface area contributed by atoms with E-state index in [1.165, 1.54) is 0 Å². The minimum atomic E-state index is -0.119. The Balaban J connectivity index is 1.39. The Labute approximate surface area is 243 Å². The molecule has 0 aliphatic carbocycles. The van der Waals surface area contributed by atoms with Crippen LogP contribution in [0.5, 0.6) is 0 Å². The number of benzene rings is 3. The van der Waals surface area contributed by atoms with E-state index in [1.54, 1.807) is 42.7 Å². The second-order valence-corrected chi connectivity index (χ2v) is 11.1. The van der Waals surface area contributed by atoms with E-state index in [0.29, 0.717) is 41.4 Å². The van der Waals surface area contributed by atoms with Crippen LogP contribution >= 0.6 is 0 Å². The third-order valence-electron chi connectivity index (χ3n) is 7.38. The van der Waals surface area contributed by atoms with Gasteiger partial charge in [0.15, 0.2) is 0 Å². The fourth-order valence-corrected chi connectivity index (χ4v) is 5.31. The molecule has 42 heavy (non-hydrogen) atoms. The number of imidazole rings is 1. The average Bonchev–Trinajstić information content (AvgIpc) is 3.58. The Morgan fingerprint density at radius 1 is 0.929 bits per heavy atom. The van der Waals surface area contributed by atoms with Crippen LogP contribution in [0.25, 0.3) is 33.2 Å². The van der Waals surface area contributed by atoms with Crippen molar-refractivity contribution in [3.8, 4) is 11.4 Å². The number of rotatable bonds is 7. The summed E-state index contributed by atoms with van der Waals surface area (Å²) < 4.78 is 8.89. The molecular formula is C33H32N6O3. The number of fused-ring (bicyclic) bond motifs is 2. The van der Waals surface area contributed by atoms with Gasteiger partial charge in [-0.3, -0.25) is 9.59 Å². The van der Waals surface area contributed by atoms with Gasteiger partial charge in [0.1, 0.15) is 11.3 Å². The molecule has 212 valence electrons. The number of aryl methyl sites for hydroxylation is 1. The normalized spacial score (nSPS) is 11.6. The first-order valence-corrected chi connectivity index (χ1v) is 13.9. The molecule has 9 nitrogen and oxygen atoms in total. The molecule has 0 N–H and O–H groups in total. The predicted molar refractivity (Wildman–Crippen MR) is 163 cm³/mol. The van der Waals surface area contributed by atoms with Crippen LogP contribution < -0.4 is 5.56 Å². The Hall–Kier alpha value is -5.05. The molecule has 0 spiro atoms. The topological polar surface area (TPSA) is 99.1 Å². The summed E-state index contributed by atoms with van der Waals surface area (Å²) in [6, 6.07) is 21.7. The SMILES string of the molecule is Cc1nc(-c2ccc3ccc(Cn4c(C(C)C)nc5ccn(Cc6cccc(C(=O)N(C)C)c6)c(=O)c54)cc3c2)no1. The van der Waals surface area contributed by atoms with Gasteiger partial charge < -0.3 is 18.6 Å². The highest BCUT2D eigenvalue weighted by Gasteiger charge is 2.19. The third-order valence-corrected chi connectivity index (χ3v) is 7.38. The number of hydrogen-bond acceptors (Lipinski definition) is 6. The molecule has 0 saturated heterocycles. The van der Waals surface area contributed by atoms with Crippen molar-refractivity contribution in [2.75, 3.05) is 14.1 Å². The van der Waals surface area contributed by atoms with Gasteiger partial charge in [0.25, 0.3) is 11.5 Å². The average molecular weight is 561 g/mol. The lowest BCUT2D eigenvalue weighted by atomic mass is 10.0. The van der Waals surface area contributed by atoms with E-state index in [-0.39, 0.29) is 17.4 Å². The van der Waals surface area contributed by atoms with Gasteiger partial charge in [-0.15, -0.1) is 0 Å². The molecule has 3 aromatic heterocycles. The van der Waals surface area contributed by atoms with Gasteiger partial charge in [0.2, 0.25) is 11.7 Å². The van der Waals surface area contributed by atoms with Crippen molar-refractivity contribution in [2.45, 2.75) is 39.8 Å². The van der Waals surface area contributed by atoms with Crippen LogP contribution in [0.4, 0.5) is 0 Å². The maximum atomic E-state index is 13.9. The van der Waals surface area contributed by atoms with Crippen molar-refractivity contribution in [2.24, 2.45) is 0 Å².